The van der Waals surface area contributed by atoms with Gasteiger partial charge in [-0.2, -0.15) is 0 Å². The standard InChI is InChI=1S/C25H25F3N4/c1-29-12-18(13-29)32-11-16(21-10-17(26)2-4-24(21)32)6-8-30-14-19(15-30)31-9-7-20-23(31)5-3-22(27)25(20)28/h2-5,7,9-11,18-19H,6,8,12-15H2,1H3. The van der Waals surface area contributed by atoms with Crippen molar-refractivity contribution in [3.8, 4) is 0 Å². The number of rotatable bonds is 5. The molecule has 0 saturated carbocycles. The lowest BCUT2D eigenvalue weighted by Gasteiger charge is -2.40. The fourth-order valence-corrected chi connectivity index (χ4v) is 5.31. The molecule has 2 aromatic heterocycles. The van der Waals surface area contributed by atoms with Crippen LogP contribution in [0.4, 0.5) is 13.2 Å². The van der Waals surface area contributed by atoms with Gasteiger partial charge in [-0.25, -0.2) is 13.2 Å². The largest absolute Gasteiger partial charge is 0.342 e. The summed E-state index contributed by atoms with van der Waals surface area (Å²) in [6.45, 7) is 4.65. The summed E-state index contributed by atoms with van der Waals surface area (Å²) in [5.74, 6) is -1.79. The van der Waals surface area contributed by atoms with Gasteiger partial charge >= 0.3 is 0 Å². The Hall–Kier alpha value is -2.77. The van der Waals surface area contributed by atoms with Crippen molar-refractivity contribution < 1.29 is 13.2 Å². The van der Waals surface area contributed by atoms with Crippen LogP contribution < -0.4 is 0 Å². The molecule has 166 valence electrons. The van der Waals surface area contributed by atoms with Gasteiger partial charge in [0.05, 0.1) is 17.6 Å². The van der Waals surface area contributed by atoms with Crippen molar-refractivity contribution in [3.05, 3.63) is 71.8 Å². The molecule has 2 aliphatic rings. The van der Waals surface area contributed by atoms with Gasteiger partial charge in [-0.15, -0.1) is 0 Å². The van der Waals surface area contributed by atoms with Gasteiger partial charge in [-0.05, 0) is 55.4 Å². The first-order valence-corrected chi connectivity index (χ1v) is 11.1. The molecule has 0 N–H and O–H groups in total. The van der Waals surface area contributed by atoms with Crippen molar-refractivity contribution >= 4 is 21.8 Å². The molecule has 2 fully saturated rings. The molecule has 2 aliphatic heterocycles. The van der Waals surface area contributed by atoms with Crippen LogP contribution in [-0.4, -0.2) is 58.7 Å². The average Bonchev–Trinajstić information content (AvgIpc) is 3.29. The Morgan fingerprint density at radius 1 is 0.844 bits per heavy atom. The third-order valence-electron chi connectivity index (χ3n) is 7.13. The number of nitrogens with zero attached hydrogens (tertiary/aromatic N) is 4. The van der Waals surface area contributed by atoms with E-state index in [1.54, 1.807) is 24.3 Å². The highest BCUT2D eigenvalue weighted by Crippen LogP contribution is 2.32. The summed E-state index contributed by atoms with van der Waals surface area (Å²) in [4.78, 5) is 4.64. The zero-order valence-corrected chi connectivity index (χ0v) is 17.9. The lowest BCUT2D eigenvalue weighted by atomic mass is 10.1. The molecule has 2 saturated heterocycles. The van der Waals surface area contributed by atoms with Crippen LogP contribution in [0.25, 0.3) is 21.8 Å². The molecule has 4 nitrogen and oxygen atoms in total. The summed E-state index contributed by atoms with van der Waals surface area (Å²) in [6.07, 6.45) is 4.91. The first kappa shape index (κ1) is 19.9. The second-order valence-corrected chi connectivity index (χ2v) is 9.28. The topological polar surface area (TPSA) is 16.3 Å². The van der Waals surface area contributed by atoms with E-state index in [4.69, 9.17) is 0 Å². The van der Waals surface area contributed by atoms with Crippen molar-refractivity contribution in [1.82, 2.24) is 18.9 Å². The summed E-state index contributed by atoms with van der Waals surface area (Å²) >= 11 is 0. The van der Waals surface area contributed by atoms with Crippen LogP contribution in [0.5, 0.6) is 0 Å². The van der Waals surface area contributed by atoms with Crippen LogP contribution in [0, 0.1) is 17.5 Å². The Balaban J connectivity index is 1.16. The predicted octanol–water partition coefficient (Wildman–Crippen LogP) is 4.60. The number of aromatic nitrogens is 2. The molecule has 4 aromatic rings. The molecule has 0 atom stereocenters. The normalized spacial score (nSPS) is 18.5. The maximum Gasteiger partial charge on any atom is 0.168 e. The summed E-state index contributed by atoms with van der Waals surface area (Å²) in [5, 5.41) is 1.34. The molecule has 0 spiro atoms. The second kappa shape index (κ2) is 7.39. The summed E-state index contributed by atoms with van der Waals surface area (Å²) in [7, 11) is 2.11. The van der Waals surface area contributed by atoms with E-state index in [-0.39, 0.29) is 11.9 Å². The van der Waals surface area contributed by atoms with E-state index in [0.29, 0.717) is 11.4 Å². The molecule has 0 bridgehead atoms. The number of fused-ring (bicyclic) bond motifs is 2. The van der Waals surface area contributed by atoms with Crippen LogP contribution in [0.15, 0.2) is 48.8 Å². The van der Waals surface area contributed by atoms with E-state index >= 15 is 0 Å². The first-order valence-electron chi connectivity index (χ1n) is 11.1. The maximum atomic E-state index is 14.0. The van der Waals surface area contributed by atoms with Crippen molar-refractivity contribution in [1.29, 1.82) is 0 Å². The number of benzene rings is 2. The molecule has 4 heterocycles. The highest BCUT2D eigenvalue weighted by atomic mass is 19.2. The molecule has 6 rings (SSSR count). The SMILES string of the molecule is CN1CC(n2cc(CCN3CC(n4ccc5c(F)c(F)ccc54)C3)c3cc(F)ccc32)C1. The number of hydrogen-bond donors (Lipinski definition) is 0. The molecule has 0 amide bonds. The van der Waals surface area contributed by atoms with Crippen LogP contribution in [-0.2, 0) is 6.42 Å². The van der Waals surface area contributed by atoms with Crippen molar-refractivity contribution in [3.63, 3.8) is 0 Å². The monoisotopic (exact) mass is 438 g/mol. The van der Waals surface area contributed by atoms with E-state index in [1.165, 1.54) is 11.6 Å². The number of hydrogen-bond acceptors (Lipinski definition) is 2. The molecule has 0 unspecified atom stereocenters. The van der Waals surface area contributed by atoms with Crippen LogP contribution >= 0.6 is 0 Å². The zero-order chi connectivity index (χ0) is 22.0. The summed E-state index contributed by atoms with van der Waals surface area (Å²) in [6, 6.07) is 10.3. The van der Waals surface area contributed by atoms with Crippen LogP contribution in [0.2, 0.25) is 0 Å². The average molecular weight is 438 g/mol. The highest BCUT2D eigenvalue weighted by molar-refractivity contribution is 5.84. The molecule has 32 heavy (non-hydrogen) atoms. The Kier molecular flexibility index (Phi) is 4.59. The van der Waals surface area contributed by atoms with Crippen molar-refractivity contribution in [2.75, 3.05) is 39.8 Å². The van der Waals surface area contributed by atoms with Gasteiger partial charge in [0, 0.05) is 61.4 Å². The number of likely N-dealkylation sites (N-methyl/N-ethyl adjacent to an activating group) is 1. The van der Waals surface area contributed by atoms with E-state index in [9.17, 15) is 13.2 Å². The fraction of sp³-hybridized carbons (Fsp3) is 0.360. The van der Waals surface area contributed by atoms with Gasteiger partial charge in [-0.1, -0.05) is 0 Å². The smallest absolute Gasteiger partial charge is 0.168 e. The van der Waals surface area contributed by atoms with Gasteiger partial charge in [0.15, 0.2) is 11.6 Å². The Labute approximate surface area is 184 Å². The van der Waals surface area contributed by atoms with Gasteiger partial charge in [0.1, 0.15) is 5.82 Å². The third kappa shape index (κ3) is 3.14. The summed E-state index contributed by atoms with van der Waals surface area (Å²) < 4.78 is 45.8. The van der Waals surface area contributed by atoms with Crippen molar-refractivity contribution in [2.24, 2.45) is 0 Å². The fourth-order valence-electron chi connectivity index (χ4n) is 5.31. The minimum Gasteiger partial charge on any atom is -0.342 e. The van der Waals surface area contributed by atoms with Crippen molar-refractivity contribution in [2.45, 2.75) is 18.5 Å². The highest BCUT2D eigenvalue weighted by Gasteiger charge is 2.30. The summed E-state index contributed by atoms with van der Waals surface area (Å²) in [5.41, 5.74) is 3.02. The minimum absolute atomic E-state index is 0.200. The van der Waals surface area contributed by atoms with Gasteiger partial charge in [0.2, 0.25) is 0 Å². The van der Waals surface area contributed by atoms with Gasteiger partial charge in [-0.3, -0.25) is 4.90 Å². The maximum absolute atomic E-state index is 14.0. The van der Waals surface area contributed by atoms with E-state index in [0.717, 1.165) is 55.6 Å². The Morgan fingerprint density at radius 2 is 1.56 bits per heavy atom. The number of likely N-dealkylation sites (tertiary alicyclic amines) is 2. The lowest BCUT2D eigenvalue weighted by molar-refractivity contribution is 0.111. The molecule has 0 radical (unpaired) electrons. The minimum atomic E-state index is -0.811. The lowest BCUT2D eigenvalue weighted by Crippen LogP contribution is -2.48. The number of halogens is 3. The quantitative estimate of drug-likeness (QED) is 0.453. The Bertz CT molecular complexity index is 1310. The second-order valence-electron chi connectivity index (χ2n) is 9.28. The molecular formula is C25H25F3N4. The molecule has 2 aromatic carbocycles. The third-order valence-corrected chi connectivity index (χ3v) is 7.13. The predicted molar refractivity (Wildman–Crippen MR) is 119 cm³/mol. The molecular weight excluding hydrogens is 413 g/mol. The first-order chi connectivity index (χ1) is 15.5. The van der Waals surface area contributed by atoms with Crippen LogP contribution in [0.3, 0.4) is 0 Å². The van der Waals surface area contributed by atoms with Gasteiger partial charge in [0.25, 0.3) is 0 Å². The van der Waals surface area contributed by atoms with Crippen LogP contribution in [0.1, 0.15) is 17.6 Å². The van der Waals surface area contributed by atoms with E-state index < -0.39 is 11.6 Å². The van der Waals surface area contributed by atoms with E-state index in [2.05, 4.69) is 27.6 Å². The van der Waals surface area contributed by atoms with E-state index in [1.807, 2.05) is 16.8 Å². The zero-order valence-electron chi connectivity index (χ0n) is 17.9. The molecule has 0 aliphatic carbocycles. The molecule has 7 heteroatoms. The Morgan fingerprint density at radius 3 is 2.34 bits per heavy atom. The van der Waals surface area contributed by atoms with Gasteiger partial charge < -0.3 is 14.0 Å².